The van der Waals surface area contributed by atoms with Gasteiger partial charge in [-0.2, -0.15) is 0 Å². The molecular formula is C15H22BrNO2. The monoisotopic (exact) mass is 327 g/mol. The normalized spacial score (nSPS) is 14.7. The number of nitrogens with one attached hydrogen (secondary N) is 1. The highest BCUT2D eigenvalue weighted by Crippen LogP contribution is 2.39. The van der Waals surface area contributed by atoms with Crippen molar-refractivity contribution < 1.29 is 9.47 Å². The lowest BCUT2D eigenvalue weighted by Gasteiger charge is -2.14. The average molecular weight is 328 g/mol. The minimum atomic E-state index is 0.318. The molecule has 4 heteroatoms. The molecule has 0 aliphatic carbocycles. The number of hydrogen-bond donors (Lipinski definition) is 1. The van der Waals surface area contributed by atoms with Crippen LogP contribution in [0.3, 0.4) is 0 Å². The van der Waals surface area contributed by atoms with E-state index in [9.17, 15) is 0 Å². The van der Waals surface area contributed by atoms with Gasteiger partial charge >= 0.3 is 0 Å². The molecule has 0 saturated carbocycles. The first-order valence-corrected chi connectivity index (χ1v) is 7.81. The van der Waals surface area contributed by atoms with Gasteiger partial charge < -0.3 is 14.8 Å². The summed E-state index contributed by atoms with van der Waals surface area (Å²) in [4.78, 5) is 0. The summed E-state index contributed by atoms with van der Waals surface area (Å²) in [6, 6.07) is 4.70. The van der Waals surface area contributed by atoms with E-state index >= 15 is 0 Å². The Hall–Kier alpha value is -0.740. The summed E-state index contributed by atoms with van der Waals surface area (Å²) >= 11 is 3.52. The molecule has 1 heterocycles. The van der Waals surface area contributed by atoms with Gasteiger partial charge in [-0.15, -0.1) is 0 Å². The van der Waals surface area contributed by atoms with Crippen molar-refractivity contribution in [3.05, 3.63) is 22.2 Å². The fourth-order valence-corrected chi connectivity index (χ4v) is 2.82. The van der Waals surface area contributed by atoms with E-state index in [4.69, 9.17) is 9.47 Å². The molecule has 0 bridgehead atoms. The molecule has 1 aliphatic rings. The Balaban J connectivity index is 1.84. The van der Waals surface area contributed by atoms with Crippen molar-refractivity contribution in [2.45, 2.75) is 52.1 Å². The minimum absolute atomic E-state index is 0.318. The Morgan fingerprint density at radius 2 is 2.16 bits per heavy atom. The minimum Gasteiger partial charge on any atom is -0.454 e. The Labute approximate surface area is 123 Å². The molecule has 0 spiro atoms. The summed E-state index contributed by atoms with van der Waals surface area (Å²) < 4.78 is 11.8. The third-order valence-electron chi connectivity index (χ3n) is 3.38. The van der Waals surface area contributed by atoms with Crippen LogP contribution in [0, 0.1) is 0 Å². The van der Waals surface area contributed by atoms with Crippen LogP contribution in [0.5, 0.6) is 11.5 Å². The maximum Gasteiger partial charge on any atom is 0.231 e. The van der Waals surface area contributed by atoms with Crippen LogP contribution in [0.25, 0.3) is 0 Å². The van der Waals surface area contributed by atoms with Crippen molar-refractivity contribution in [3.63, 3.8) is 0 Å². The lowest BCUT2D eigenvalue weighted by Crippen LogP contribution is -2.25. The van der Waals surface area contributed by atoms with E-state index in [2.05, 4.69) is 47.2 Å². The molecule has 1 atom stereocenters. The number of fused-ring (bicyclic) bond motifs is 1. The van der Waals surface area contributed by atoms with Crippen LogP contribution in [0.4, 0.5) is 0 Å². The van der Waals surface area contributed by atoms with Crippen LogP contribution in [0.1, 0.15) is 45.1 Å². The van der Waals surface area contributed by atoms with E-state index in [1.54, 1.807) is 0 Å². The van der Waals surface area contributed by atoms with E-state index in [0.717, 1.165) is 22.5 Å². The summed E-state index contributed by atoms with van der Waals surface area (Å²) in [5, 5.41) is 3.56. The highest BCUT2D eigenvalue weighted by molar-refractivity contribution is 9.10. The number of rotatable bonds is 7. The molecule has 1 aliphatic heterocycles. The summed E-state index contributed by atoms with van der Waals surface area (Å²) in [5.41, 5.74) is 1.22. The molecule has 106 valence electrons. The van der Waals surface area contributed by atoms with Crippen molar-refractivity contribution in [3.8, 4) is 11.5 Å². The van der Waals surface area contributed by atoms with E-state index < -0.39 is 0 Å². The van der Waals surface area contributed by atoms with E-state index in [0.29, 0.717) is 12.8 Å². The molecule has 0 saturated heterocycles. The second kappa shape index (κ2) is 7.15. The first-order valence-electron chi connectivity index (χ1n) is 7.02. The zero-order chi connectivity index (χ0) is 13.7. The van der Waals surface area contributed by atoms with Crippen molar-refractivity contribution in [1.29, 1.82) is 0 Å². The molecule has 1 aromatic rings. The largest absolute Gasteiger partial charge is 0.454 e. The number of hydrogen-bond acceptors (Lipinski definition) is 3. The molecule has 1 N–H and O–H groups in total. The van der Waals surface area contributed by atoms with E-state index in [1.807, 2.05) is 0 Å². The molecular weight excluding hydrogens is 306 g/mol. The molecule has 0 aromatic heterocycles. The van der Waals surface area contributed by atoms with Gasteiger partial charge in [0.15, 0.2) is 11.5 Å². The summed E-state index contributed by atoms with van der Waals surface area (Å²) in [6.07, 6.45) is 5.14. The van der Waals surface area contributed by atoms with E-state index in [-0.39, 0.29) is 0 Å². The standard InChI is InChI=1S/C15H22BrNO2/c1-3-4-5-6-11(2)17-9-12-7-13(16)15-14(8-12)18-10-19-15/h7-8,11,17H,3-6,9-10H2,1-2H3. The Bertz CT molecular complexity index is 423. The molecule has 0 radical (unpaired) electrons. The smallest absolute Gasteiger partial charge is 0.231 e. The zero-order valence-electron chi connectivity index (χ0n) is 11.7. The Morgan fingerprint density at radius 1 is 1.32 bits per heavy atom. The first-order chi connectivity index (χ1) is 9.20. The van der Waals surface area contributed by atoms with Crippen LogP contribution < -0.4 is 14.8 Å². The number of ether oxygens (including phenoxy) is 2. The number of halogens is 1. The molecule has 1 aromatic carbocycles. The van der Waals surface area contributed by atoms with E-state index in [1.165, 1.54) is 31.2 Å². The quantitative estimate of drug-likeness (QED) is 0.760. The van der Waals surface area contributed by atoms with Crippen molar-refractivity contribution >= 4 is 15.9 Å². The third-order valence-corrected chi connectivity index (χ3v) is 3.97. The van der Waals surface area contributed by atoms with Crippen LogP contribution in [-0.2, 0) is 6.54 Å². The molecule has 0 amide bonds. The molecule has 0 fully saturated rings. The molecule has 19 heavy (non-hydrogen) atoms. The predicted molar refractivity (Wildman–Crippen MR) is 80.7 cm³/mol. The van der Waals surface area contributed by atoms with Gasteiger partial charge in [0.05, 0.1) is 4.47 Å². The van der Waals surface area contributed by atoms with Gasteiger partial charge in [0.1, 0.15) is 0 Å². The molecule has 1 unspecified atom stereocenters. The highest BCUT2D eigenvalue weighted by atomic mass is 79.9. The van der Waals surface area contributed by atoms with Crippen molar-refractivity contribution in [2.75, 3.05) is 6.79 Å². The van der Waals surface area contributed by atoms with Gasteiger partial charge in [0.2, 0.25) is 6.79 Å². The van der Waals surface area contributed by atoms with Crippen LogP contribution in [0.2, 0.25) is 0 Å². The topological polar surface area (TPSA) is 30.5 Å². The van der Waals surface area contributed by atoms with Gasteiger partial charge in [-0.1, -0.05) is 26.2 Å². The van der Waals surface area contributed by atoms with Crippen LogP contribution >= 0.6 is 15.9 Å². The summed E-state index contributed by atoms with van der Waals surface area (Å²) in [5.74, 6) is 1.66. The predicted octanol–water partition coefficient (Wildman–Crippen LogP) is 4.24. The van der Waals surface area contributed by atoms with Gasteiger partial charge in [-0.3, -0.25) is 0 Å². The Morgan fingerprint density at radius 3 is 2.95 bits per heavy atom. The SMILES string of the molecule is CCCCCC(C)NCc1cc(Br)c2c(c1)OCO2. The third kappa shape index (κ3) is 4.11. The van der Waals surface area contributed by atoms with Crippen molar-refractivity contribution in [1.82, 2.24) is 5.32 Å². The maximum atomic E-state index is 5.43. The Kier molecular flexibility index (Phi) is 5.52. The lowest BCUT2D eigenvalue weighted by molar-refractivity contribution is 0.173. The van der Waals surface area contributed by atoms with Gasteiger partial charge in [0.25, 0.3) is 0 Å². The van der Waals surface area contributed by atoms with Crippen LogP contribution in [0.15, 0.2) is 16.6 Å². The highest BCUT2D eigenvalue weighted by Gasteiger charge is 2.17. The van der Waals surface area contributed by atoms with Crippen molar-refractivity contribution in [2.24, 2.45) is 0 Å². The average Bonchev–Trinajstić information content (AvgIpc) is 2.85. The van der Waals surface area contributed by atoms with Gasteiger partial charge in [-0.25, -0.2) is 0 Å². The maximum absolute atomic E-state index is 5.43. The molecule has 3 nitrogen and oxygen atoms in total. The first kappa shape index (κ1) is 14.7. The fraction of sp³-hybridized carbons (Fsp3) is 0.600. The number of unbranched alkanes of at least 4 members (excludes halogenated alkanes) is 2. The second-order valence-electron chi connectivity index (χ2n) is 5.09. The summed E-state index contributed by atoms with van der Waals surface area (Å²) in [7, 11) is 0. The number of benzene rings is 1. The fourth-order valence-electron chi connectivity index (χ4n) is 2.22. The lowest BCUT2D eigenvalue weighted by atomic mass is 10.1. The zero-order valence-corrected chi connectivity index (χ0v) is 13.3. The molecule has 2 rings (SSSR count). The van der Waals surface area contributed by atoms with Crippen LogP contribution in [-0.4, -0.2) is 12.8 Å². The second-order valence-corrected chi connectivity index (χ2v) is 5.94. The van der Waals surface area contributed by atoms with Gasteiger partial charge in [-0.05, 0) is 47.0 Å². The summed E-state index contributed by atoms with van der Waals surface area (Å²) in [6.45, 7) is 5.67. The van der Waals surface area contributed by atoms with Gasteiger partial charge in [0, 0.05) is 12.6 Å².